The van der Waals surface area contributed by atoms with Crippen molar-refractivity contribution in [2.24, 2.45) is 5.92 Å². The minimum absolute atomic E-state index is 0.0547. The lowest BCUT2D eigenvalue weighted by Gasteiger charge is -2.23. The van der Waals surface area contributed by atoms with Gasteiger partial charge in [-0.2, -0.15) is 0 Å². The molecule has 2 rings (SSSR count). The van der Waals surface area contributed by atoms with Gasteiger partial charge in [0, 0.05) is 25.2 Å². The van der Waals surface area contributed by atoms with Gasteiger partial charge in [-0.3, -0.25) is 9.59 Å². The Hall–Kier alpha value is -1.59. The summed E-state index contributed by atoms with van der Waals surface area (Å²) in [5, 5.41) is 6.52. The Morgan fingerprint density at radius 2 is 2.13 bits per heavy atom. The SMILES string of the molecule is CC(C)N(C)C(=O)c1ccc(Cl)c(NC(=O)C2CCCNC2)c1. The van der Waals surface area contributed by atoms with Crippen LogP contribution in [0.2, 0.25) is 5.02 Å². The first-order valence-electron chi connectivity index (χ1n) is 7.98. The van der Waals surface area contributed by atoms with Gasteiger partial charge >= 0.3 is 0 Å². The van der Waals surface area contributed by atoms with Crippen molar-refractivity contribution in [2.45, 2.75) is 32.7 Å². The first-order valence-corrected chi connectivity index (χ1v) is 8.36. The van der Waals surface area contributed by atoms with Crippen LogP contribution in [0.1, 0.15) is 37.0 Å². The molecule has 0 radical (unpaired) electrons. The van der Waals surface area contributed by atoms with Crippen molar-refractivity contribution < 1.29 is 9.59 Å². The summed E-state index contributed by atoms with van der Waals surface area (Å²) in [4.78, 5) is 26.4. The van der Waals surface area contributed by atoms with Crippen LogP contribution in [-0.2, 0) is 4.79 Å². The predicted octanol–water partition coefficient (Wildman–Crippen LogP) is 2.76. The Kier molecular flexibility index (Phi) is 6.02. The van der Waals surface area contributed by atoms with E-state index in [0.717, 1.165) is 19.4 Å². The zero-order valence-electron chi connectivity index (χ0n) is 13.9. The summed E-state index contributed by atoms with van der Waals surface area (Å²) in [5.41, 5.74) is 1.01. The lowest BCUT2D eigenvalue weighted by atomic mass is 9.98. The number of piperidine rings is 1. The number of nitrogens with zero attached hydrogens (tertiary/aromatic N) is 1. The highest BCUT2D eigenvalue weighted by Gasteiger charge is 2.22. The van der Waals surface area contributed by atoms with E-state index in [0.29, 0.717) is 22.8 Å². The highest BCUT2D eigenvalue weighted by atomic mass is 35.5. The van der Waals surface area contributed by atoms with Crippen LogP contribution in [0.3, 0.4) is 0 Å². The molecule has 1 heterocycles. The summed E-state index contributed by atoms with van der Waals surface area (Å²) in [6, 6.07) is 5.08. The number of hydrogen-bond donors (Lipinski definition) is 2. The molecule has 1 saturated heterocycles. The van der Waals surface area contributed by atoms with Crippen LogP contribution in [-0.4, -0.2) is 42.9 Å². The van der Waals surface area contributed by atoms with Gasteiger partial charge in [0.25, 0.3) is 5.91 Å². The number of carbonyl (C=O) groups is 2. The molecule has 0 bridgehead atoms. The zero-order chi connectivity index (χ0) is 17.0. The highest BCUT2D eigenvalue weighted by molar-refractivity contribution is 6.33. The molecule has 23 heavy (non-hydrogen) atoms. The second-order valence-electron chi connectivity index (χ2n) is 6.24. The topological polar surface area (TPSA) is 61.4 Å². The Labute approximate surface area is 142 Å². The van der Waals surface area contributed by atoms with Crippen molar-refractivity contribution in [3.05, 3.63) is 28.8 Å². The van der Waals surface area contributed by atoms with E-state index in [-0.39, 0.29) is 23.8 Å². The first kappa shape index (κ1) is 17.8. The van der Waals surface area contributed by atoms with Gasteiger partial charge in [-0.05, 0) is 51.4 Å². The van der Waals surface area contributed by atoms with Crippen LogP contribution in [0, 0.1) is 5.92 Å². The lowest BCUT2D eigenvalue weighted by Crippen LogP contribution is -2.37. The molecule has 1 aliphatic heterocycles. The molecule has 1 aliphatic rings. The number of benzene rings is 1. The van der Waals surface area contributed by atoms with E-state index in [1.807, 2.05) is 13.8 Å². The van der Waals surface area contributed by atoms with E-state index in [4.69, 9.17) is 11.6 Å². The van der Waals surface area contributed by atoms with Crippen molar-refractivity contribution in [1.82, 2.24) is 10.2 Å². The molecule has 1 aromatic carbocycles. The standard InChI is InChI=1S/C17H24ClN3O2/c1-11(2)21(3)17(23)12-6-7-14(18)15(9-12)20-16(22)13-5-4-8-19-10-13/h6-7,9,11,13,19H,4-5,8,10H2,1-3H3,(H,20,22). The molecule has 6 heteroatoms. The lowest BCUT2D eigenvalue weighted by molar-refractivity contribution is -0.120. The molecule has 2 amide bonds. The summed E-state index contributed by atoms with van der Waals surface area (Å²) in [6.45, 7) is 5.54. The van der Waals surface area contributed by atoms with Crippen LogP contribution in [0.25, 0.3) is 0 Å². The third-order valence-corrected chi connectivity index (χ3v) is 4.56. The molecule has 0 aliphatic carbocycles. The number of hydrogen-bond acceptors (Lipinski definition) is 3. The summed E-state index contributed by atoms with van der Waals surface area (Å²) < 4.78 is 0. The summed E-state index contributed by atoms with van der Waals surface area (Å²) in [7, 11) is 1.76. The van der Waals surface area contributed by atoms with Gasteiger partial charge in [0.2, 0.25) is 5.91 Å². The molecule has 126 valence electrons. The third kappa shape index (κ3) is 4.45. The van der Waals surface area contributed by atoms with Crippen LogP contribution in [0.4, 0.5) is 5.69 Å². The van der Waals surface area contributed by atoms with Crippen molar-refractivity contribution in [3.8, 4) is 0 Å². The molecular formula is C17H24ClN3O2. The van der Waals surface area contributed by atoms with E-state index >= 15 is 0 Å². The van der Waals surface area contributed by atoms with Gasteiger partial charge in [0.15, 0.2) is 0 Å². The first-order chi connectivity index (χ1) is 10.9. The maximum Gasteiger partial charge on any atom is 0.253 e. The minimum Gasteiger partial charge on any atom is -0.339 e. The van der Waals surface area contributed by atoms with Gasteiger partial charge in [-0.25, -0.2) is 0 Å². The van der Waals surface area contributed by atoms with E-state index in [1.54, 1.807) is 30.1 Å². The fourth-order valence-electron chi connectivity index (χ4n) is 2.50. The maximum absolute atomic E-state index is 12.4. The number of nitrogens with one attached hydrogen (secondary N) is 2. The minimum atomic E-state index is -0.0912. The van der Waals surface area contributed by atoms with E-state index in [9.17, 15) is 9.59 Å². The summed E-state index contributed by atoms with van der Waals surface area (Å²) >= 11 is 6.17. The Morgan fingerprint density at radius 3 is 2.74 bits per heavy atom. The molecule has 1 unspecified atom stereocenters. The molecular weight excluding hydrogens is 314 g/mol. The fourth-order valence-corrected chi connectivity index (χ4v) is 2.67. The molecule has 0 spiro atoms. The maximum atomic E-state index is 12.4. The van der Waals surface area contributed by atoms with Gasteiger partial charge in [0.05, 0.1) is 16.6 Å². The van der Waals surface area contributed by atoms with Gasteiger partial charge < -0.3 is 15.5 Å². The zero-order valence-corrected chi connectivity index (χ0v) is 14.6. The number of halogens is 1. The number of carbonyl (C=O) groups excluding carboxylic acids is 2. The normalized spacial score (nSPS) is 17.9. The molecule has 0 saturated carbocycles. The molecule has 0 aromatic heterocycles. The van der Waals surface area contributed by atoms with Gasteiger partial charge in [-0.15, -0.1) is 0 Å². The molecule has 1 fully saturated rings. The van der Waals surface area contributed by atoms with Crippen LogP contribution in [0.5, 0.6) is 0 Å². The second kappa shape index (κ2) is 7.79. The fraction of sp³-hybridized carbons (Fsp3) is 0.529. The quantitative estimate of drug-likeness (QED) is 0.888. The smallest absolute Gasteiger partial charge is 0.253 e. The number of amides is 2. The van der Waals surface area contributed by atoms with Crippen molar-refractivity contribution in [2.75, 3.05) is 25.5 Å². The van der Waals surface area contributed by atoms with Crippen molar-refractivity contribution in [1.29, 1.82) is 0 Å². The molecule has 5 nitrogen and oxygen atoms in total. The van der Waals surface area contributed by atoms with E-state index in [1.165, 1.54) is 0 Å². The Balaban J connectivity index is 2.14. The van der Waals surface area contributed by atoms with Crippen molar-refractivity contribution in [3.63, 3.8) is 0 Å². The highest BCUT2D eigenvalue weighted by Crippen LogP contribution is 2.25. The van der Waals surface area contributed by atoms with Gasteiger partial charge in [-0.1, -0.05) is 11.6 Å². The Bertz CT molecular complexity index is 583. The second-order valence-corrected chi connectivity index (χ2v) is 6.64. The van der Waals surface area contributed by atoms with Crippen molar-refractivity contribution >= 4 is 29.1 Å². The third-order valence-electron chi connectivity index (χ3n) is 4.23. The Morgan fingerprint density at radius 1 is 1.39 bits per heavy atom. The van der Waals surface area contributed by atoms with E-state index < -0.39 is 0 Å². The molecule has 1 atom stereocenters. The predicted molar refractivity (Wildman–Crippen MR) is 92.9 cm³/mol. The average Bonchev–Trinajstić information content (AvgIpc) is 2.56. The monoisotopic (exact) mass is 337 g/mol. The average molecular weight is 338 g/mol. The van der Waals surface area contributed by atoms with Gasteiger partial charge in [0.1, 0.15) is 0 Å². The van der Waals surface area contributed by atoms with Crippen LogP contribution >= 0.6 is 11.6 Å². The summed E-state index contributed by atoms with van der Waals surface area (Å²) in [6.07, 6.45) is 1.86. The molecule has 1 aromatic rings. The van der Waals surface area contributed by atoms with Crippen LogP contribution in [0.15, 0.2) is 18.2 Å². The largest absolute Gasteiger partial charge is 0.339 e. The van der Waals surface area contributed by atoms with Crippen LogP contribution < -0.4 is 10.6 Å². The molecule has 2 N–H and O–H groups in total. The van der Waals surface area contributed by atoms with E-state index in [2.05, 4.69) is 10.6 Å². The number of anilines is 1. The summed E-state index contributed by atoms with van der Waals surface area (Å²) in [5.74, 6) is -0.204. The number of rotatable bonds is 4.